The quantitative estimate of drug-likeness (QED) is 0.415. The SMILES string of the molecule is CC(C)c1ncc(C2CCC(CC(C)c3nc(C4CC4)c(C4CCCCC4)s3)CC2)s1. The van der Waals surface area contributed by atoms with Gasteiger partial charge in [-0.15, -0.1) is 22.7 Å². The number of thiazole rings is 2. The Morgan fingerprint density at radius 1 is 0.806 bits per heavy atom. The summed E-state index contributed by atoms with van der Waals surface area (Å²) in [5, 5.41) is 2.78. The van der Waals surface area contributed by atoms with Crippen LogP contribution in [-0.2, 0) is 0 Å². The zero-order valence-corrected chi connectivity index (χ0v) is 21.4. The van der Waals surface area contributed by atoms with Crippen molar-refractivity contribution >= 4 is 22.7 Å². The van der Waals surface area contributed by atoms with Gasteiger partial charge in [-0.05, 0) is 75.5 Å². The third-order valence-electron chi connectivity index (χ3n) is 8.03. The van der Waals surface area contributed by atoms with Crippen molar-refractivity contribution in [2.75, 3.05) is 0 Å². The van der Waals surface area contributed by atoms with E-state index in [1.807, 2.05) is 11.3 Å². The van der Waals surface area contributed by atoms with Crippen molar-refractivity contribution in [2.45, 2.75) is 127 Å². The van der Waals surface area contributed by atoms with E-state index in [2.05, 4.69) is 43.3 Å². The topological polar surface area (TPSA) is 25.8 Å². The Kier molecular flexibility index (Phi) is 6.86. The molecule has 2 heterocycles. The monoisotopic (exact) mass is 456 g/mol. The molecule has 2 nitrogen and oxygen atoms in total. The molecule has 0 radical (unpaired) electrons. The number of rotatable bonds is 7. The third kappa shape index (κ3) is 5.11. The molecule has 2 aromatic rings. The fourth-order valence-corrected chi connectivity index (χ4v) is 8.40. The van der Waals surface area contributed by atoms with Crippen molar-refractivity contribution in [3.8, 4) is 0 Å². The van der Waals surface area contributed by atoms with Gasteiger partial charge in [0.15, 0.2) is 0 Å². The second-order valence-electron chi connectivity index (χ2n) is 11.0. The van der Waals surface area contributed by atoms with Crippen LogP contribution in [0.1, 0.15) is 153 Å². The van der Waals surface area contributed by atoms with Crippen LogP contribution in [0.2, 0.25) is 0 Å². The number of hydrogen-bond acceptors (Lipinski definition) is 4. The van der Waals surface area contributed by atoms with Crippen LogP contribution in [0.25, 0.3) is 0 Å². The van der Waals surface area contributed by atoms with E-state index in [1.54, 1.807) is 9.75 Å². The minimum Gasteiger partial charge on any atom is -0.249 e. The molecule has 2 aromatic heterocycles. The normalized spacial score (nSPS) is 26.5. The fourth-order valence-electron chi connectivity index (χ4n) is 5.92. The molecule has 0 aromatic carbocycles. The molecular weight excluding hydrogens is 416 g/mol. The Morgan fingerprint density at radius 3 is 2.16 bits per heavy atom. The van der Waals surface area contributed by atoms with Gasteiger partial charge in [-0.1, -0.05) is 40.0 Å². The largest absolute Gasteiger partial charge is 0.249 e. The van der Waals surface area contributed by atoms with Gasteiger partial charge in [0, 0.05) is 33.7 Å². The first kappa shape index (κ1) is 22.1. The first-order valence-electron chi connectivity index (χ1n) is 13.0. The molecule has 4 heteroatoms. The second-order valence-corrected chi connectivity index (χ2v) is 13.2. The molecule has 0 saturated heterocycles. The van der Waals surface area contributed by atoms with Crippen molar-refractivity contribution in [3.05, 3.63) is 31.7 Å². The van der Waals surface area contributed by atoms with Gasteiger partial charge in [0.25, 0.3) is 0 Å². The van der Waals surface area contributed by atoms with Crippen molar-refractivity contribution in [1.82, 2.24) is 9.97 Å². The fraction of sp³-hybridized carbons (Fsp3) is 0.778. The number of hydrogen-bond donors (Lipinski definition) is 0. The van der Waals surface area contributed by atoms with E-state index in [-0.39, 0.29) is 0 Å². The van der Waals surface area contributed by atoms with Gasteiger partial charge in [-0.25, -0.2) is 9.97 Å². The maximum atomic E-state index is 5.31. The highest BCUT2D eigenvalue weighted by molar-refractivity contribution is 7.12. The zero-order chi connectivity index (χ0) is 21.4. The number of aromatic nitrogens is 2. The molecular formula is C27H40N2S2. The Labute approximate surface area is 197 Å². The molecule has 0 spiro atoms. The first-order valence-corrected chi connectivity index (χ1v) is 14.7. The van der Waals surface area contributed by atoms with Gasteiger partial charge in [-0.3, -0.25) is 0 Å². The van der Waals surface area contributed by atoms with Gasteiger partial charge in [0.05, 0.1) is 15.7 Å². The predicted molar refractivity (Wildman–Crippen MR) is 134 cm³/mol. The maximum Gasteiger partial charge on any atom is 0.0959 e. The van der Waals surface area contributed by atoms with Crippen LogP contribution in [0.5, 0.6) is 0 Å². The van der Waals surface area contributed by atoms with E-state index in [1.165, 1.54) is 92.8 Å². The maximum absolute atomic E-state index is 5.31. The van der Waals surface area contributed by atoms with E-state index in [4.69, 9.17) is 4.98 Å². The summed E-state index contributed by atoms with van der Waals surface area (Å²) in [6.07, 6.45) is 18.9. The summed E-state index contributed by atoms with van der Waals surface area (Å²) in [5.74, 6) is 4.48. The molecule has 170 valence electrons. The summed E-state index contributed by atoms with van der Waals surface area (Å²) < 4.78 is 0. The Balaban J connectivity index is 1.19. The standard InChI is InChI=1S/C27H40N2S2/c1-17(2)26-28-16-23(30-26)20-11-9-19(10-12-20)15-18(3)27-29-24(21-13-14-21)25(31-27)22-7-5-4-6-8-22/h16-22H,4-15H2,1-3H3. The molecule has 5 rings (SSSR count). The minimum absolute atomic E-state index is 0.563. The van der Waals surface area contributed by atoms with Gasteiger partial charge in [0.2, 0.25) is 0 Å². The van der Waals surface area contributed by atoms with E-state index in [0.29, 0.717) is 11.8 Å². The summed E-state index contributed by atoms with van der Waals surface area (Å²) in [6, 6.07) is 0. The first-order chi connectivity index (χ1) is 15.1. The lowest BCUT2D eigenvalue weighted by Gasteiger charge is -2.29. The van der Waals surface area contributed by atoms with Crippen LogP contribution in [0, 0.1) is 5.92 Å². The van der Waals surface area contributed by atoms with Gasteiger partial charge >= 0.3 is 0 Å². The lowest BCUT2D eigenvalue weighted by Crippen LogP contribution is -2.14. The molecule has 1 unspecified atom stereocenters. The van der Waals surface area contributed by atoms with Crippen LogP contribution in [0.3, 0.4) is 0 Å². The minimum atomic E-state index is 0.563. The molecule has 0 N–H and O–H groups in total. The summed E-state index contributed by atoms with van der Waals surface area (Å²) in [4.78, 5) is 13.2. The van der Waals surface area contributed by atoms with Crippen LogP contribution in [0.4, 0.5) is 0 Å². The lowest BCUT2D eigenvalue weighted by molar-refractivity contribution is 0.298. The van der Waals surface area contributed by atoms with E-state index in [0.717, 1.165) is 23.7 Å². The van der Waals surface area contributed by atoms with Crippen LogP contribution in [-0.4, -0.2) is 9.97 Å². The highest BCUT2D eigenvalue weighted by Crippen LogP contribution is 2.49. The van der Waals surface area contributed by atoms with Crippen molar-refractivity contribution in [1.29, 1.82) is 0 Å². The smallest absolute Gasteiger partial charge is 0.0959 e. The Morgan fingerprint density at radius 2 is 1.52 bits per heavy atom. The highest BCUT2D eigenvalue weighted by atomic mass is 32.1. The average molecular weight is 457 g/mol. The molecule has 31 heavy (non-hydrogen) atoms. The predicted octanol–water partition coefficient (Wildman–Crippen LogP) is 9.12. The summed E-state index contributed by atoms with van der Waals surface area (Å²) in [5.41, 5.74) is 1.54. The molecule has 3 aliphatic rings. The zero-order valence-electron chi connectivity index (χ0n) is 19.7. The van der Waals surface area contributed by atoms with E-state index >= 15 is 0 Å². The molecule has 3 fully saturated rings. The lowest BCUT2D eigenvalue weighted by atomic mass is 9.78. The second kappa shape index (κ2) is 9.63. The summed E-state index contributed by atoms with van der Waals surface area (Å²) in [6.45, 7) is 6.98. The van der Waals surface area contributed by atoms with Gasteiger partial charge in [-0.2, -0.15) is 0 Å². The Hall–Kier alpha value is -0.740. The molecule has 1 atom stereocenters. The molecule has 3 saturated carbocycles. The summed E-state index contributed by atoms with van der Waals surface area (Å²) in [7, 11) is 0. The van der Waals surface area contributed by atoms with E-state index < -0.39 is 0 Å². The molecule has 0 bridgehead atoms. The van der Waals surface area contributed by atoms with Crippen LogP contribution in [0.15, 0.2) is 6.20 Å². The Bertz CT molecular complexity index is 848. The molecule has 3 aliphatic carbocycles. The molecule has 0 aliphatic heterocycles. The number of nitrogens with zero attached hydrogens (tertiary/aromatic N) is 2. The summed E-state index contributed by atoms with van der Waals surface area (Å²) >= 11 is 4.08. The third-order valence-corrected chi connectivity index (χ3v) is 11.0. The van der Waals surface area contributed by atoms with Gasteiger partial charge in [0.1, 0.15) is 0 Å². The van der Waals surface area contributed by atoms with Crippen molar-refractivity contribution in [2.24, 2.45) is 5.92 Å². The van der Waals surface area contributed by atoms with Crippen LogP contribution < -0.4 is 0 Å². The molecule has 0 amide bonds. The van der Waals surface area contributed by atoms with Gasteiger partial charge < -0.3 is 0 Å². The average Bonchev–Trinajstić information content (AvgIpc) is 3.33. The van der Waals surface area contributed by atoms with Crippen molar-refractivity contribution in [3.63, 3.8) is 0 Å². The van der Waals surface area contributed by atoms with Crippen LogP contribution >= 0.6 is 22.7 Å². The highest BCUT2D eigenvalue weighted by Gasteiger charge is 2.34. The van der Waals surface area contributed by atoms with E-state index in [9.17, 15) is 0 Å². The van der Waals surface area contributed by atoms with Crippen molar-refractivity contribution < 1.29 is 0 Å².